The van der Waals surface area contributed by atoms with Gasteiger partial charge in [-0.3, -0.25) is 0 Å². The van der Waals surface area contributed by atoms with Crippen LogP contribution in [0.5, 0.6) is 0 Å². The van der Waals surface area contributed by atoms with Crippen molar-refractivity contribution in [3.63, 3.8) is 0 Å². The second-order valence-electron chi connectivity index (χ2n) is 3.70. The van der Waals surface area contributed by atoms with Crippen molar-refractivity contribution in [1.29, 1.82) is 0 Å². The lowest BCUT2D eigenvalue weighted by Crippen LogP contribution is -1.84. The molecule has 2 aromatic carbocycles. The Kier molecular flexibility index (Phi) is 2.83. The quantitative estimate of drug-likeness (QED) is 0.675. The van der Waals surface area contributed by atoms with Crippen molar-refractivity contribution in [3.05, 3.63) is 48.0 Å². The van der Waals surface area contributed by atoms with E-state index in [4.69, 9.17) is 0 Å². The van der Waals surface area contributed by atoms with Crippen LogP contribution in [0.3, 0.4) is 0 Å². The van der Waals surface area contributed by atoms with Gasteiger partial charge in [-0.1, -0.05) is 49.7 Å². The number of rotatable bonds is 3. The van der Waals surface area contributed by atoms with Crippen molar-refractivity contribution >= 4 is 10.8 Å². The maximum Gasteiger partial charge on any atom is -0.00963 e. The fourth-order valence-corrected chi connectivity index (χ4v) is 1.69. The predicted octanol–water partition coefficient (Wildman–Crippen LogP) is 3.98. The van der Waals surface area contributed by atoms with Gasteiger partial charge in [0.05, 0.1) is 0 Å². The average molecular weight is 183 g/mol. The summed E-state index contributed by atoms with van der Waals surface area (Å²) in [6.07, 6.45) is 3.71. The lowest BCUT2D eigenvalue weighted by molar-refractivity contribution is 0.796. The molecule has 0 amide bonds. The first-order valence-electron chi connectivity index (χ1n) is 5.29. The minimum absolute atomic E-state index is 1.18. The maximum absolute atomic E-state index is 3.33. The van der Waals surface area contributed by atoms with E-state index in [-0.39, 0.29) is 0 Å². The van der Waals surface area contributed by atoms with E-state index in [9.17, 15) is 0 Å². The van der Waals surface area contributed by atoms with Gasteiger partial charge in [0.25, 0.3) is 0 Å². The summed E-state index contributed by atoms with van der Waals surface area (Å²) in [5.41, 5.74) is 1.41. The summed E-state index contributed by atoms with van der Waals surface area (Å²) in [6, 6.07) is 16.1. The zero-order chi connectivity index (χ0) is 9.80. The third-order valence-corrected chi connectivity index (χ3v) is 2.53. The molecule has 0 bridgehead atoms. The summed E-state index contributed by atoms with van der Waals surface area (Å²) in [7, 11) is 0. The minimum atomic E-state index is 1.18. The van der Waals surface area contributed by atoms with Crippen LogP contribution < -0.4 is 0 Å². The fraction of sp³-hybridized carbons (Fsp3) is 0.286. The third-order valence-electron chi connectivity index (χ3n) is 2.53. The van der Waals surface area contributed by atoms with Gasteiger partial charge in [-0.05, 0) is 35.2 Å². The highest BCUT2D eigenvalue weighted by molar-refractivity contribution is 5.82. The summed E-state index contributed by atoms with van der Waals surface area (Å²) in [6.45, 7) is 2.23. The maximum atomic E-state index is 3.33. The molecular formula is C14H15. The molecule has 2 aromatic rings. The van der Waals surface area contributed by atoms with Gasteiger partial charge in [0.1, 0.15) is 0 Å². The molecule has 0 spiro atoms. The Balaban J connectivity index is 2.32. The van der Waals surface area contributed by atoms with E-state index in [0.29, 0.717) is 0 Å². The summed E-state index contributed by atoms with van der Waals surface area (Å²) < 4.78 is 0. The number of hydrogen-bond donors (Lipinski definition) is 0. The second-order valence-corrected chi connectivity index (χ2v) is 3.70. The highest BCUT2D eigenvalue weighted by Gasteiger charge is 1.95. The molecule has 14 heavy (non-hydrogen) atoms. The lowest BCUT2D eigenvalue weighted by Gasteiger charge is -2.01. The minimum Gasteiger partial charge on any atom is -0.0654 e. The summed E-state index contributed by atoms with van der Waals surface area (Å²) in [4.78, 5) is 0. The summed E-state index contributed by atoms with van der Waals surface area (Å²) in [5, 5.41) is 2.52. The van der Waals surface area contributed by atoms with E-state index >= 15 is 0 Å². The van der Waals surface area contributed by atoms with E-state index < -0.39 is 0 Å². The van der Waals surface area contributed by atoms with Crippen LogP contribution in [0.15, 0.2) is 36.4 Å². The summed E-state index contributed by atoms with van der Waals surface area (Å²) >= 11 is 0. The third kappa shape index (κ3) is 1.95. The first-order chi connectivity index (χ1) is 6.90. The number of fused-ring (bicyclic) bond motifs is 1. The van der Waals surface area contributed by atoms with E-state index in [0.717, 1.165) is 0 Å². The van der Waals surface area contributed by atoms with Gasteiger partial charge in [-0.25, -0.2) is 0 Å². The molecule has 2 rings (SSSR count). The van der Waals surface area contributed by atoms with Crippen molar-refractivity contribution in [2.45, 2.75) is 26.2 Å². The molecule has 0 aliphatic heterocycles. The van der Waals surface area contributed by atoms with Crippen LogP contribution in [0.25, 0.3) is 10.8 Å². The lowest BCUT2D eigenvalue weighted by atomic mass is 10.0. The van der Waals surface area contributed by atoms with Gasteiger partial charge >= 0.3 is 0 Å². The first kappa shape index (κ1) is 9.26. The largest absolute Gasteiger partial charge is 0.0654 e. The standard InChI is InChI=1S/C14H15/c1-2-3-6-12-9-10-13-7-4-5-8-14(13)11-12/h4-5,7-9,11H,2-3,6H2,1H3. The zero-order valence-electron chi connectivity index (χ0n) is 8.59. The number of unbranched alkanes of at least 4 members (excludes halogenated alkanes) is 1. The normalized spacial score (nSPS) is 10.6. The van der Waals surface area contributed by atoms with Gasteiger partial charge < -0.3 is 0 Å². The highest BCUT2D eigenvalue weighted by atomic mass is 14.0. The van der Waals surface area contributed by atoms with Gasteiger partial charge in [0, 0.05) is 0 Å². The topological polar surface area (TPSA) is 0 Å². The van der Waals surface area contributed by atoms with Crippen LogP contribution >= 0.6 is 0 Å². The SMILES string of the molecule is CCCCc1c[c]c2ccccc2c1. The molecule has 0 unspecified atom stereocenters. The first-order valence-corrected chi connectivity index (χ1v) is 5.29. The van der Waals surface area contributed by atoms with Crippen molar-refractivity contribution in [2.24, 2.45) is 0 Å². The van der Waals surface area contributed by atoms with Crippen LogP contribution in [0.1, 0.15) is 25.3 Å². The Morgan fingerprint density at radius 3 is 2.93 bits per heavy atom. The van der Waals surface area contributed by atoms with Crippen LogP contribution in [-0.4, -0.2) is 0 Å². The Morgan fingerprint density at radius 1 is 1.21 bits per heavy atom. The number of benzene rings is 2. The number of aryl methyl sites for hydroxylation is 1. The van der Waals surface area contributed by atoms with Gasteiger partial charge in [-0.15, -0.1) is 0 Å². The predicted molar refractivity (Wildman–Crippen MR) is 61.4 cm³/mol. The molecule has 0 N–H and O–H groups in total. The van der Waals surface area contributed by atoms with Gasteiger partial charge in [-0.2, -0.15) is 0 Å². The Labute approximate surface area is 85.6 Å². The van der Waals surface area contributed by atoms with Crippen LogP contribution in [0.4, 0.5) is 0 Å². The summed E-state index contributed by atoms with van der Waals surface area (Å²) in [5.74, 6) is 0. The molecule has 0 heteroatoms. The van der Waals surface area contributed by atoms with Crippen LogP contribution in [-0.2, 0) is 6.42 Å². The van der Waals surface area contributed by atoms with Crippen molar-refractivity contribution in [2.75, 3.05) is 0 Å². The molecule has 0 atom stereocenters. The fourth-order valence-electron chi connectivity index (χ4n) is 1.69. The Morgan fingerprint density at radius 2 is 2.07 bits per heavy atom. The van der Waals surface area contributed by atoms with Crippen LogP contribution in [0.2, 0.25) is 0 Å². The zero-order valence-corrected chi connectivity index (χ0v) is 8.59. The average Bonchev–Trinajstić information content (AvgIpc) is 2.26. The monoisotopic (exact) mass is 183 g/mol. The molecular weight excluding hydrogens is 168 g/mol. The Bertz CT molecular complexity index is 415. The molecule has 0 fully saturated rings. The van der Waals surface area contributed by atoms with E-state index in [1.54, 1.807) is 0 Å². The molecule has 0 aliphatic rings. The van der Waals surface area contributed by atoms with Gasteiger partial charge in [0.2, 0.25) is 0 Å². The van der Waals surface area contributed by atoms with Crippen molar-refractivity contribution < 1.29 is 0 Å². The van der Waals surface area contributed by atoms with Crippen LogP contribution in [0, 0.1) is 6.07 Å². The molecule has 1 radical (unpaired) electrons. The molecule has 0 heterocycles. The molecule has 71 valence electrons. The van der Waals surface area contributed by atoms with E-state index in [2.05, 4.69) is 49.4 Å². The highest BCUT2D eigenvalue weighted by Crippen LogP contribution is 2.16. The second kappa shape index (κ2) is 4.28. The van der Waals surface area contributed by atoms with Crippen molar-refractivity contribution in [3.8, 4) is 0 Å². The van der Waals surface area contributed by atoms with Gasteiger partial charge in [0.15, 0.2) is 0 Å². The Hall–Kier alpha value is -1.30. The molecule has 0 aromatic heterocycles. The number of hydrogen-bond acceptors (Lipinski definition) is 0. The smallest absolute Gasteiger partial charge is 0.00963 e. The molecule has 0 nitrogen and oxygen atoms in total. The van der Waals surface area contributed by atoms with E-state index in [1.165, 1.54) is 35.6 Å². The molecule has 0 aliphatic carbocycles. The van der Waals surface area contributed by atoms with E-state index in [1.807, 2.05) is 0 Å². The van der Waals surface area contributed by atoms with Crippen molar-refractivity contribution in [1.82, 2.24) is 0 Å². The molecule has 0 saturated carbocycles. The molecule has 0 saturated heterocycles.